The van der Waals surface area contributed by atoms with Crippen LogP contribution in [-0.2, 0) is 0 Å². The van der Waals surface area contributed by atoms with E-state index in [1.54, 1.807) is 29.0 Å². The van der Waals surface area contributed by atoms with Gasteiger partial charge in [-0.2, -0.15) is 10.1 Å². The molecule has 10 heteroatoms. The molecule has 33 heavy (non-hydrogen) atoms. The van der Waals surface area contributed by atoms with Crippen LogP contribution in [0, 0.1) is 0 Å². The highest BCUT2D eigenvalue weighted by Gasteiger charge is 2.22. The summed E-state index contributed by atoms with van der Waals surface area (Å²) in [4.78, 5) is 22.3. The molecule has 4 heterocycles. The first kappa shape index (κ1) is 19.6. The fourth-order valence-electron chi connectivity index (χ4n) is 3.89. The number of pyridine rings is 1. The number of hydrogen-bond donors (Lipinski definition) is 2. The zero-order valence-electron chi connectivity index (χ0n) is 17.2. The summed E-state index contributed by atoms with van der Waals surface area (Å²) in [6, 6.07) is 14.6. The molecule has 0 saturated heterocycles. The van der Waals surface area contributed by atoms with Gasteiger partial charge in [-0.15, -0.1) is 0 Å². The molecule has 1 aliphatic heterocycles. The Morgan fingerprint density at radius 2 is 2.00 bits per heavy atom. The molecule has 1 unspecified atom stereocenters. The monoisotopic (exact) mass is 460 g/mol. The van der Waals surface area contributed by atoms with Crippen LogP contribution < -0.4 is 20.3 Å². The number of nitrogens with zero attached hydrogens (tertiary/aromatic N) is 4. The van der Waals surface area contributed by atoms with Gasteiger partial charge in [0.2, 0.25) is 5.95 Å². The van der Waals surface area contributed by atoms with Crippen molar-refractivity contribution in [1.29, 1.82) is 0 Å². The number of rotatable bonds is 4. The van der Waals surface area contributed by atoms with E-state index in [1.807, 2.05) is 30.3 Å². The van der Waals surface area contributed by atoms with Gasteiger partial charge >= 0.3 is 0 Å². The molecule has 0 amide bonds. The average molecular weight is 461 g/mol. The number of anilines is 1. The lowest BCUT2D eigenvalue weighted by molar-refractivity contribution is 0.0996. The first-order valence-corrected chi connectivity index (χ1v) is 10.7. The first-order valence-electron chi connectivity index (χ1n) is 10.3. The summed E-state index contributed by atoms with van der Waals surface area (Å²) in [6.45, 7) is 0.771. The highest BCUT2D eigenvalue weighted by atomic mass is 35.5. The fraction of sp³-hybridized carbons (Fsp3) is 0.130. The SMILES string of the molecule is O=c1c2cn[nH]c2c2cnc(NCC3COc4cc(Cl)ccc4O3)nc2n1-c1ccccc1. The van der Waals surface area contributed by atoms with Crippen LogP contribution in [-0.4, -0.2) is 44.0 Å². The van der Waals surface area contributed by atoms with Crippen molar-refractivity contribution in [3.8, 4) is 17.2 Å². The summed E-state index contributed by atoms with van der Waals surface area (Å²) in [5, 5.41) is 11.9. The van der Waals surface area contributed by atoms with Crippen LogP contribution in [0.1, 0.15) is 0 Å². The lowest BCUT2D eigenvalue weighted by atomic mass is 10.2. The van der Waals surface area contributed by atoms with E-state index in [9.17, 15) is 4.79 Å². The van der Waals surface area contributed by atoms with Crippen LogP contribution in [0.2, 0.25) is 5.02 Å². The van der Waals surface area contributed by atoms with Gasteiger partial charge in [0, 0.05) is 17.3 Å². The zero-order valence-corrected chi connectivity index (χ0v) is 17.9. The molecule has 6 rings (SSSR count). The first-order chi connectivity index (χ1) is 16.2. The zero-order chi connectivity index (χ0) is 22.4. The summed E-state index contributed by atoms with van der Waals surface area (Å²) in [7, 11) is 0. The van der Waals surface area contributed by atoms with Crippen molar-refractivity contribution in [1.82, 2.24) is 24.7 Å². The molecule has 3 aromatic heterocycles. The molecule has 0 spiro atoms. The molecular weight excluding hydrogens is 444 g/mol. The molecule has 9 nitrogen and oxygen atoms in total. The minimum atomic E-state index is -0.246. The van der Waals surface area contributed by atoms with Gasteiger partial charge in [0.15, 0.2) is 17.1 Å². The van der Waals surface area contributed by atoms with E-state index in [0.29, 0.717) is 63.2 Å². The van der Waals surface area contributed by atoms with Crippen LogP contribution in [0.4, 0.5) is 5.95 Å². The highest BCUT2D eigenvalue weighted by molar-refractivity contribution is 6.30. The third-order valence-electron chi connectivity index (χ3n) is 5.45. The van der Waals surface area contributed by atoms with E-state index >= 15 is 0 Å². The van der Waals surface area contributed by atoms with Crippen LogP contribution in [0.25, 0.3) is 27.6 Å². The average Bonchev–Trinajstić information content (AvgIpc) is 3.34. The van der Waals surface area contributed by atoms with Gasteiger partial charge < -0.3 is 14.8 Å². The minimum absolute atomic E-state index is 0.207. The lowest BCUT2D eigenvalue weighted by Gasteiger charge is -2.26. The second-order valence-electron chi connectivity index (χ2n) is 7.59. The Bertz CT molecular complexity index is 1550. The summed E-state index contributed by atoms with van der Waals surface area (Å²) in [5.41, 5.74) is 1.58. The van der Waals surface area contributed by atoms with Gasteiger partial charge in [-0.25, -0.2) is 4.98 Å². The number of fused-ring (bicyclic) bond motifs is 4. The number of halogens is 1. The van der Waals surface area contributed by atoms with Gasteiger partial charge in [-0.3, -0.25) is 14.5 Å². The van der Waals surface area contributed by atoms with Crippen LogP contribution in [0.15, 0.2) is 65.7 Å². The predicted octanol–water partition coefficient (Wildman–Crippen LogP) is 3.56. The summed E-state index contributed by atoms with van der Waals surface area (Å²) in [6.07, 6.45) is 2.96. The molecule has 2 aromatic carbocycles. The molecule has 0 bridgehead atoms. The van der Waals surface area contributed by atoms with Crippen molar-refractivity contribution in [3.63, 3.8) is 0 Å². The van der Waals surface area contributed by atoms with Crippen molar-refractivity contribution >= 4 is 39.5 Å². The Morgan fingerprint density at radius 1 is 1.12 bits per heavy atom. The largest absolute Gasteiger partial charge is 0.486 e. The molecule has 0 radical (unpaired) electrons. The summed E-state index contributed by atoms with van der Waals surface area (Å²) >= 11 is 6.00. The smallest absolute Gasteiger partial charge is 0.267 e. The maximum atomic E-state index is 13.2. The minimum Gasteiger partial charge on any atom is -0.486 e. The summed E-state index contributed by atoms with van der Waals surface area (Å²) in [5.74, 6) is 1.63. The molecule has 0 saturated carbocycles. The van der Waals surface area contributed by atoms with Crippen LogP contribution >= 0.6 is 11.6 Å². The number of para-hydroxylation sites is 1. The Kier molecular flexibility index (Phi) is 4.62. The number of H-pyrrole nitrogens is 1. The van der Waals surface area contributed by atoms with Crippen molar-refractivity contribution in [3.05, 3.63) is 76.3 Å². The third-order valence-corrected chi connectivity index (χ3v) is 5.68. The fourth-order valence-corrected chi connectivity index (χ4v) is 4.05. The van der Waals surface area contributed by atoms with Gasteiger partial charge in [0.05, 0.1) is 34.7 Å². The molecule has 0 aliphatic carbocycles. The molecule has 2 N–H and O–H groups in total. The maximum absolute atomic E-state index is 13.2. The van der Waals surface area contributed by atoms with E-state index in [2.05, 4.69) is 25.5 Å². The van der Waals surface area contributed by atoms with E-state index in [4.69, 9.17) is 21.1 Å². The van der Waals surface area contributed by atoms with Gasteiger partial charge in [-0.05, 0) is 24.3 Å². The number of nitrogens with one attached hydrogen (secondary N) is 2. The van der Waals surface area contributed by atoms with E-state index in [0.717, 1.165) is 0 Å². The number of hydrogen-bond acceptors (Lipinski definition) is 7. The highest BCUT2D eigenvalue weighted by Crippen LogP contribution is 2.34. The Balaban J connectivity index is 1.35. The van der Waals surface area contributed by atoms with Gasteiger partial charge in [0.25, 0.3) is 5.56 Å². The number of ether oxygens (including phenoxy) is 2. The van der Waals surface area contributed by atoms with E-state index in [1.165, 1.54) is 6.20 Å². The lowest BCUT2D eigenvalue weighted by Crippen LogP contribution is -2.35. The van der Waals surface area contributed by atoms with Crippen molar-refractivity contribution in [2.75, 3.05) is 18.5 Å². The van der Waals surface area contributed by atoms with Gasteiger partial charge in [0.1, 0.15) is 12.7 Å². The van der Waals surface area contributed by atoms with Crippen molar-refractivity contribution < 1.29 is 9.47 Å². The number of aromatic amines is 1. The predicted molar refractivity (Wildman–Crippen MR) is 125 cm³/mol. The molecular formula is C23H17ClN6O3. The topological polar surface area (TPSA) is 107 Å². The van der Waals surface area contributed by atoms with Crippen LogP contribution in [0.5, 0.6) is 11.5 Å². The maximum Gasteiger partial charge on any atom is 0.267 e. The van der Waals surface area contributed by atoms with Crippen LogP contribution in [0.3, 0.4) is 0 Å². The van der Waals surface area contributed by atoms with E-state index < -0.39 is 0 Å². The Morgan fingerprint density at radius 3 is 2.88 bits per heavy atom. The second kappa shape index (κ2) is 7.79. The molecule has 1 aliphatic rings. The normalized spacial score (nSPS) is 15.1. The third kappa shape index (κ3) is 3.42. The molecule has 5 aromatic rings. The molecule has 164 valence electrons. The quantitative estimate of drug-likeness (QED) is 0.422. The molecule has 1 atom stereocenters. The Labute approximate surface area is 192 Å². The number of aromatic nitrogens is 5. The molecule has 0 fully saturated rings. The van der Waals surface area contributed by atoms with E-state index in [-0.39, 0.29) is 11.7 Å². The Hall–Kier alpha value is -4.11. The standard InChI is InChI=1S/C23H17ClN6O3/c24-13-6-7-18-19(8-13)32-12-15(33-18)9-25-23-26-10-16-20-17(11-27-29-20)22(31)30(21(16)28-23)14-4-2-1-3-5-14/h1-8,10-11,15H,9,12H2,(H,27,29)(H,25,26,28). The van der Waals surface area contributed by atoms with Crippen molar-refractivity contribution in [2.24, 2.45) is 0 Å². The van der Waals surface area contributed by atoms with Crippen molar-refractivity contribution in [2.45, 2.75) is 6.10 Å². The second-order valence-corrected chi connectivity index (χ2v) is 8.02. The van der Waals surface area contributed by atoms with Gasteiger partial charge in [-0.1, -0.05) is 29.8 Å². The number of benzene rings is 2. The summed E-state index contributed by atoms with van der Waals surface area (Å²) < 4.78 is 13.3.